The molecule has 1 aliphatic heterocycles. The smallest absolute Gasteiger partial charge is 0.100 e. The summed E-state index contributed by atoms with van der Waals surface area (Å²) in [4.78, 5) is 4.19. The van der Waals surface area contributed by atoms with Crippen LogP contribution in [0.2, 0.25) is 0 Å². The first-order valence-corrected chi connectivity index (χ1v) is 8.07. The van der Waals surface area contributed by atoms with Gasteiger partial charge in [0.15, 0.2) is 0 Å². The minimum Gasteiger partial charge on any atom is -0.293 e. The maximum Gasteiger partial charge on any atom is 0.100 e. The Morgan fingerprint density at radius 3 is 2.48 bits per heavy atom. The minimum absolute atomic E-state index is 0.854. The van der Waals surface area contributed by atoms with Gasteiger partial charge in [-0.05, 0) is 36.6 Å². The topological polar surface area (TPSA) is 34.0 Å². The van der Waals surface area contributed by atoms with E-state index in [2.05, 4.69) is 34.3 Å². The van der Waals surface area contributed by atoms with Crippen LogP contribution < -0.4 is 0 Å². The third-order valence-corrected chi connectivity index (χ3v) is 4.45. The van der Waals surface area contributed by atoms with Gasteiger partial charge < -0.3 is 0 Å². The molecule has 0 spiro atoms. The van der Waals surface area contributed by atoms with Gasteiger partial charge >= 0.3 is 0 Å². The number of para-hydroxylation sites is 1. The molecule has 0 unspecified atom stereocenters. The Morgan fingerprint density at radius 2 is 1.65 bits per heavy atom. The number of benzene rings is 2. The summed E-state index contributed by atoms with van der Waals surface area (Å²) in [6.07, 6.45) is 1.11. The number of aryl methyl sites for hydroxylation is 1. The summed E-state index contributed by atoms with van der Waals surface area (Å²) in [6.45, 7) is 4.97. The van der Waals surface area contributed by atoms with Gasteiger partial charge in [-0.1, -0.05) is 42.5 Å². The van der Waals surface area contributed by atoms with Crippen molar-refractivity contribution in [3.63, 3.8) is 0 Å². The Hall–Kier alpha value is -2.46. The van der Waals surface area contributed by atoms with Crippen LogP contribution in [0.1, 0.15) is 22.5 Å². The lowest BCUT2D eigenvalue weighted by Crippen LogP contribution is -2.30. The lowest BCUT2D eigenvalue weighted by molar-refractivity contribution is 0.242. The van der Waals surface area contributed by atoms with E-state index in [1.54, 1.807) is 4.80 Å². The number of hydrogen-bond acceptors (Lipinski definition) is 3. The monoisotopic (exact) mass is 304 g/mol. The first-order chi connectivity index (χ1) is 11.3. The van der Waals surface area contributed by atoms with Crippen molar-refractivity contribution in [2.75, 3.05) is 6.54 Å². The molecule has 0 atom stereocenters. The molecular weight excluding hydrogens is 284 g/mol. The molecule has 0 saturated carbocycles. The van der Waals surface area contributed by atoms with Crippen molar-refractivity contribution >= 4 is 0 Å². The summed E-state index contributed by atoms with van der Waals surface area (Å²) < 4.78 is 0. The van der Waals surface area contributed by atoms with Gasteiger partial charge in [0.05, 0.1) is 11.4 Å². The van der Waals surface area contributed by atoms with Crippen LogP contribution in [0.3, 0.4) is 0 Å². The third kappa shape index (κ3) is 2.90. The average Bonchev–Trinajstić information content (AvgIpc) is 2.96. The first kappa shape index (κ1) is 14.2. The highest BCUT2D eigenvalue weighted by atomic mass is 15.5. The molecule has 3 aromatic rings. The van der Waals surface area contributed by atoms with Gasteiger partial charge in [-0.15, -0.1) is 0 Å². The molecule has 0 bridgehead atoms. The van der Waals surface area contributed by atoms with Gasteiger partial charge in [0.2, 0.25) is 0 Å². The fourth-order valence-corrected chi connectivity index (χ4v) is 3.13. The van der Waals surface area contributed by atoms with Crippen LogP contribution in [0, 0.1) is 6.92 Å². The van der Waals surface area contributed by atoms with Crippen molar-refractivity contribution in [2.24, 2.45) is 0 Å². The second kappa shape index (κ2) is 5.97. The van der Waals surface area contributed by atoms with E-state index in [1.807, 2.05) is 37.3 Å². The summed E-state index contributed by atoms with van der Waals surface area (Å²) in [6, 6.07) is 18.8. The molecule has 23 heavy (non-hydrogen) atoms. The first-order valence-electron chi connectivity index (χ1n) is 8.07. The Kier molecular flexibility index (Phi) is 3.67. The largest absolute Gasteiger partial charge is 0.293 e. The zero-order valence-corrected chi connectivity index (χ0v) is 13.3. The number of rotatable bonds is 3. The molecule has 4 nitrogen and oxygen atoms in total. The molecule has 1 aromatic heterocycles. The maximum atomic E-state index is 4.69. The van der Waals surface area contributed by atoms with Crippen LogP contribution in [0.25, 0.3) is 5.69 Å². The minimum atomic E-state index is 0.854. The highest BCUT2D eigenvalue weighted by Crippen LogP contribution is 2.20. The fourth-order valence-electron chi connectivity index (χ4n) is 3.13. The zero-order chi connectivity index (χ0) is 15.6. The van der Waals surface area contributed by atoms with Gasteiger partial charge in [-0.25, -0.2) is 0 Å². The summed E-state index contributed by atoms with van der Waals surface area (Å²) in [5, 5.41) is 9.26. The fraction of sp³-hybridized carbons (Fsp3) is 0.263. The lowest BCUT2D eigenvalue weighted by atomic mass is 10.00. The molecule has 1 aliphatic rings. The Labute approximate surface area is 136 Å². The van der Waals surface area contributed by atoms with E-state index in [1.165, 1.54) is 11.1 Å². The molecule has 0 radical (unpaired) electrons. The molecule has 0 aliphatic carbocycles. The van der Waals surface area contributed by atoms with Crippen LogP contribution in [0.15, 0.2) is 54.6 Å². The lowest BCUT2D eigenvalue weighted by Gasteiger charge is -2.28. The SMILES string of the molecule is Cc1nn(-c2ccccc2)nc1CN1CCc2ccccc2C1. The molecule has 0 amide bonds. The van der Waals surface area contributed by atoms with Crippen LogP contribution >= 0.6 is 0 Å². The summed E-state index contributed by atoms with van der Waals surface area (Å²) in [5.74, 6) is 0. The quantitative estimate of drug-likeness (QED) is 0.745. The number of hydrogen-bond donors (Lipinski definition) is 0. The normalized spacial score (nSPS) is 14.7. The summed E-state index contributed by atoms with van der Waals surface area (Å²) >= 11 is 0. The van der Waals surface area contributed by atoms with Gasteiger partial charge in [-0.2, -0.15) is 15.0 Å². The predicted octanol–water partition coefficient (Wildman–Crippen LogP) is 3.13. The van der Waals surface area contributed by atoms with E-state index in [9.17, 15) is 0 Å². The van der Waals surface area contributed by atoms with Crippen LogP contribution in [-0.2, 0) is 19.5 Å². The number of nitrogens with zero attached hydrogens (tertiary/aromatic N) is 4. The molecule has 4 heteroatoms. The predicted molar refractivity (Wildman–Crippen MR) is 90.4 cm³/mol. The van der Waals surface area contributed by atoms with Crippen molar-refractivity contribution in [1.29, 1.82) is 0 Å². The number of fused-ring (bicyclic) bond motifs is 1. The van der Waals surface area contributed by atoms with E-state index in [0.29, 0.717) is 0 Å². The van der Waals surface area contributed by atoms with Crippen molar-refractivity contribution in [3.8, 4) is 5.69 Å². The number of aromatic nitrogens is 3. The van der Waals surface area contributed by atoms with E-state index in [0.717, 1.165) is 43.1 Å². The highest BCUT2D eigenvalue weighted by Gasteiger charge is 2.18. The molecular formula is C19H20N4. The van der Waals surface area contributed by atoms with E-state index >= 15 is 0 Å². The molecule has 0 N–H and O–H groups in total. The summed E-state index contributed by atoms with van der Waals surface area (Å²) in [5.41, 5.74) is 5.99. The molecule has 0 saturated heterocycles. The van der Waals surface area contributed by atoms with Crippen molar-refractivity contribution in [2.45, 2.75) is 26.4 Å². The second-order valence-electron chi connectivity index (χ2n) is 6.09. The van der Waals surface area contributed by atoms with Gasteiger partial charge in [0.25, 0.3) is 0 Å². The van der Waals surface area contributed by atoms with Crippen LogP contribution in [0.5, 0.6) is 0 Å². The van der Waals surface area contributed by atoms with Crippen LogP contribution in [0.4, 0.5) is 0 Å². The molecule has 4 rings (SSSR count). The second-order valence-corrected chi connectivity index (χ2v) is 6.09. The molecule has 116 valence electrons. The zero-order valence-electron chi connectivity index (χ0n) is 13.3. The third-order valence-electron chi connectivity index (χ3n) is 4.45. The van der Waals surface area contributed by atoms with E-state index in [-0.39, 0.29) is 0 Å². The maximum absolute atomic E-state index is 4.69. The van der Waals surface area contributed by atoms with E-state index in [4.69, 9.17) is 5.10 Å². The van der Waals surface area contributed by atoms with Crippen molar-refractivity contribution in [3.05, 3.63) is 77.1 Å². The Bertz CT molecular complexity index is 807. The van der Waals surface area contributed by atoms with E-state index < -0.39 is 0 Å². The van der Waals surface area contributed by atoms with Gasteiger partial charge in [0, 0.05) is 19.6 Å². The highest BCUT2D eigenvalue weighted by molar-refractivity contribution is 5.30. The molecule has 2 aromatic carbocycles. The summed E-state index contributed by atoms with van der Waals surface area (Å²) in [7, 11) is 0. The Balaban J connectivity index is 1.53. The van der Waals surface area contributed by atoms with Crippen molar-refractivity contribution < 1.29 is 0 Å². The average molecular weight is 304 g/mol. The molecule has 0 fully saturated rings. The van der Waals surface area contributed by atoms with Crippen molar-refractivity contribution in [1.82, 2.24) is 19.9 Å². The Morgan fingerprint density at radius 1 is 0.913 bits per heavy atom. The standard InChI is InChI=1S/C19H20N4/c1-15-19(21-23(20-15)18-9-3-2-4-10-18)14-22-12-11-16-7-5-6-8-17(16)13-22/h2-10H,11-14H2,1H3. The molecule has 2 heterocycles. The van der Waals surface area contributed by atoms with Gasteiger partial charge in [-0.3, -0.25) is 4.90 Å². The van der Waals surface area contributed by atoms with Gasteiger partial charge in [0.1, 0.15) is 5.69 Å². The van der Waals surface area contributed by atoms with Crippen LogP contribution in [-0.4, -0.2) is 26.4 Å².